The van der Waals surface area contributed by atoms with Crippen molar-refractivity contribution >= 4 is 23.5 Å². The average Bonchev–Trinajstić information content (AvgIpc) is 2.41. The summed E-state index contributed by atoms with van der Waals surface area (Å²) < 4.78 is 51.1. The molecule has 1 N–H and O–H groups in total. The van der Waals surface area contributed by atoms with E-state index >= 15 is 0 Å². The molecule has 0 amide bonds. The second kappa shape index (κ2) is 6.13. The Morgan fingerprint density at radius 2 is 1.81 bits per heavy atom. The lowest BCUT2D eigenvalue weighted by atomic mass is 10.2. The van der Waals surface area contributed by atoms with Gasteiger partial charge in [0.2, 0.25) is 0 Å². The van der Waals surface area contributed by atoms with Crippen LogP contribution in [0.5, 0.6) is 0 Å². The van der Waals surface area contributed by atoms with Gasteiger partial charge in [-0.15, -0.1) is 0 Å². The molecule has 0 saturated carbocycles. The van der Waals surface area contributed by atoms with E-state index in [9.17, 15) is 17.6 Å². The molecule has 2 nitrogen and oxygen atoms in total. The zero-order valence-electron chi connectivity index (χ0n) is 10.5. The van der Waals surface area contributed by atoms with E-state index in [2.05, 4.69) is 10.5 Å². The first kappa shape index (κ1) is 15.3. The molecule has 2 rings (SSSR count). The Bertz CT molecular complexity index is 668. The SMILES string of the molecule is Fc1ccccc1/C=N/Nc1cc(C(F)(F)F)ccc1Cl. The van der Waals surface area contributed by atoms with Crippen molar-refractivity contribution in [3.05, 3.63) is 64.4 Å². The van der Waals surface area contributed by atoms with E-state index in [-0.39, 0.29) is 16.3 Å². The molecule has 0 spiro atoms. The van der Waals surface area contributed by atoms with E-state index in [0.717, 1.165) is 24.4 Å². The summed E-state index contributed by atoms with van der Waals surface area (Å²) in [4.78, 5) is 0. The molecule has 0 aliphatic carbocycles. The highest BCUT2D eigenvalue weighted by atomic mass is 35.5. The first-order valence-corrected chi connectivity index (χ1v) is 6.16. The van der Waals surface area contributed by atoms with Crippen molar-refractivity contribution < 1.29 is 17.6 Å². The van der Waals surface area contributed by atoms with Gasteiger partial charge in [0.05, 0.1) is 22.5 Å². The molecule has 0 fully saturated rings. The summed E-state index contributed by atoms with van der Waals surface area (Å²) in [5.74, 6) is -0.488. The molecule has 0 saturated heterocycles. The summed E-state index contributed by atoms with van der Waals surface area (Å²) >= 11 is 5.78. The van der Waals surface area contributed by atoms with Crippen LogP contribution in [0, 0.1) is 5.82 Å². The minimum atomic E-state index is -4.48. The molecule has 0 heterocycles. The van der Waals surface area contributed by atoms with Gasteiger partial charge in [-0.2, -0.15) is 18.3 Å². The van der Waals surface area contributed by atoms with Crippen LogP contribution in [0.25, 0.3) is 0 Å². The maximum Gasteiger partial charge on any atom is 0.416 e. The molecule has 0 atom stereocenters. The second-order valence-electron chi connectivity index (χ2n) is 4.08. The van der Waals surface area contributed by atoms with Gasteiger partial charge in [-0.05, 0) is 24.3 Å². The van der Waals surface area contributed by atoms with E-state index in [1.807, 2.05) is 0 Å². The average molecular weight is 317 g/mol. The fourth-order valence-electron chi connectivity index (χ4n) is 1.54. The molecule has 7 heteroatoms. The van der Waals surface area contributed by atoms with Crippen LogP contribution < -0.4 is 5.43 Å². The van der Waals surface area contributed by atoms with E-state index in [0.29, 0.717) is 0 Å². The van der Waals surface area contributed by atoms with Crippen LogP contribution >= 0.6 is 11.6 Å². The third-order valence-corrected chi connectivity index (χ3v) is 2.92. The highest BCUT2D eigenvalue weighted by molar-refractivity contribution is 6.33. The Kier molecular flexibility index (Phi) is 4.47. The molecule has 110 valence electrons. The quantitative estimate of drug-likeness (QED) is 0.484. The Hall–Kier alpha value is -2.08. The third-order valence-electron chi connectivity index (χ3n) is 2.59. The maximum atomic E-state index is 13.3. The summed E-state index contributed by atoms with van der Waals surface area (Å²) in [7, 11) is 0. The summed E-state index contributed by atoms with van der Waals surface area (Å²) in [6, 6.07) is 8.68. The van der Waals surface area contributed by atoms with Crippen molar-refractivity contribution in [2.75, 3.05) is 5.43 Å². The van der Waals surface area contributed by atoms with Crippen molar-refractivity contribution in [1.29, 1.82) is 0 Å². The van der Waals surface area contributed by atoms with Crippen molar-refractivity contribution in [3.63, 3.8) is 0 Å². The third kappa shape index (κ3) is 3.95. The molecule has 0 aromatic heterocycles. The number of benzene rings is 2. The molecule has 0 aliphatic heterocycles. The molecule has 2 aromatic rings. The number of alkyl halides is 3. The first-order valence-electron chi connectivity index (χ1n) is 5.78. The largest absolute Gasteiger partial charge is 0.416 e. The molecule has 0 aliphatic rings. The lowest BCUT2D eigenvalue weighted by Crippen LogP contribution is -2.05. The predicted octanol–water partition coefficient (Wildman–Crippen LogP) is 4.94. The van der Waals surface area contributed by atoms with Crippen LogP contribution in [-0.4, -0.2) is 6.21 Å². The zero-order chi connectivity index (χ0) is 15.5. The highest BCUT2D eigenvalue weighted by Crippen LogP contribution is 2.33. The van der Waals surface area contributed by atoms with Gasteiger partial charge >= 0.3 is 6.18 Å². The van der Waals surface area contributed by atoms with Crippen molar-refractivity contribution in [2.24, 2.45) is 5.10 Å². The van der Waals surface area contributed by atoms with Gasteiger partial charge < -0.3 is 0 Å². The summed E-state index contributed by atoms with van der Waals surface area (Å²) in [6.07, 6.45) is -3.32. The van der Waals surface area contributed by atoms with Gasteiger partial charge in [-0.3, -0.25) is 5.43 Å². The topological polar surface area (TPSA) is 24.4 Å². The lowest BCUT2D eigenvalue weighted by molar-refractivity contribution is -0.137. The van der Waals surface area contributed by atoms with Crippen LogP contribution in [-0.2, 0) is 6.18 Å². The number of nitrogens with zero attached hydrogens (tertiary/aromatic N) is 1. The second-order valence-corrected chi connectivity index (χ2v) is 4.49. The standard InChI is InChI=1S/C14H9ClF4N2/c15-11-6-5-10(14(17,18)19)7-13(11)21-20-8-9-3-1-2-4-12(9)16/h1-8,21H/b20-8+. The fraction of sp³-hybridized carbons (Fsp3) is 0.0714. The summed E-state index contributed by atoms with van der Waals surface area (Å²) in [5, 5.41) is 3.77. The number of hydrazone groups is 1. The van der Waals surface area contributed by atoms with Gasteiger partial charge in [0.25, 0.3) is 0 Å². The minimum absolute atomic E-state index is 0.0147. The normalized spacial score (nSPS) is 11.9. The van der Waals surface area contributed by atoms with Gasteiger partial charge in [0, 0.05) is 5.56 Å². The minimum Gasteiger partial charge on any atom is -0.277 e. The Morgan fingerprint density at radius 1 is 1.10 bits per heavy atom. The molecule has 2 aromatic carbocycles. The molecular formula is C14H9ClF4N2. The smallest absolute Gasteiger partial charge is 0.277 e. The summed E-state index contributed by atoms with van der Waals surface area (Å²) in [5.41, 5.74) is 1.71. The van der Waals surface area contributed by atoms with Gasteiger partial charge in [0.15, 0.2) is 0 Å². The summed E-state index contributed by atoms with van der Waals surface area (Å²) in [6.45, 7) is 0. The van der Waals surface area contributed by atoms with E-state index in [1.54, 1.807) is 6.07 Å². The highest BCUT2D eigenvalue weighted by Gasteiger charge is 2.30. The Labute approximate surface area is 123 Å². The maximum absolute atomic E-state index is 13.3. The number of hydrogen-bond donors (Lipinski definition) is 1. The lowest BCUT2D eigenvalue weighted by Gasteiger charge is -2.09. The molecule has 21 heavy (non-hydrogen) atoms. The predicted molar refractivity (Wildman–Crippen MR) is 74.1 cm³/mol. The van der Waals surface area contributed by atoms with Crippen molar-refractivity contribution in [3.8, 4) is 0 Å². The zero-order valence-corrected chi connectivity index (χ0v) is 11.2. The number of nitrogens with one attached hydrogen (secondary N) is 1. The van der Waals surface area contributed by atoms with E-state index in [1.165, 1.54) is 18.2 Å². The van der Waals surface area contributed by atoms with Crippen LogP contribution in [0.1, 0.15) is 11.1 Å². The van der Waals surface area contributed by atoms with Crippen LogP contribution in [0.3, 0.4) is 0 Å². The van der Waals surface area contributed by atoms with Gasteiger partial charge in [0.1, 0.15) is 5.82 Å². The molecular weight excluding hydrogens is 308 g/mol. The number of hydrogen-bond acceptors (Lipinski definition) is 2. The van der Waals surface area contributed by atoms with Crippen LogP contribution in [0.4, 0.5) is 23.2 Å². The molecule has 0 unspecified atom stereocenters. The number of halogens is 5. The van der Waals surface area contributed by atoms with Gasteiger partial charge in [-0.1, -0.05) is 29.8 Å². The van der Waals surface area contributed by atoms with E-state index < -0.39 is 17.6 Å². The van der Waals surface area contributed by atoms with Crippen LogP contribution in [0.15, 0.2) is 47.6 Å². The molecule has 0 radical (unpaired) electrons. The first-order chi connectivity index (χ1) is 9.88. The van der Waals surface area contributed by atoms with Gasteiger partial charge in [-0.25, -0.2) is 4.39 Å². The monoisotopic (exact) mass is 316 g/mol. The Balaban J connectivity index is 2.18. The Morgan fingerprint density at radius 3 is 2.48 bits per heavy atom. The van der Waals surface area contributed by atoms with Crippen molar-refractivity contribution in [1.82, 2.24) is 0 Å². The molecule has 0 bridgehead atoms. The fourth-order valence-corrected chi connectivity index (χ4v) is 1.70. The van der Waals surface area contributed by atoms with E-state index in [4.69, 9.17) is 11.6 Å². The van der Waals surface area contributed by atoms with Crippen molar-refractivity contribution in [2.45, 2.75) is 6.18 Å². The number of rotatable bonds is 3. The van der Waals surface area contributed by atoms with Crippen LogP contribution in [0.2, 0.25) is 5.02 Å². The number of anilines is 1.